The number of methoxy groups -OCH3 is 1. The Balaban J connectivity index is 2.60. The van der Waals surface area contributed by atoms with E-state index in [1.165, 1.54) is 0 Å². The predicted octanol–water partition coefficient (Wildman–Crippen LogP) is 3.27. The minimum Gasteiger partial charge on any atom is -0.497 e. The molecule has 1 rings (SSSR count). The van der Waals surface area contributed by atoms with Crippen LogP contribution in [0.5, 0.6) is 11.5 Å². The number of hydrogen-bond acceptors (Lipinski definition) is 4. The van der Waals surface area contributed by atoms with Gasteiger partial charge in [-0.1, -0.05) is 6.92 Å². The van der Waals surface area contributed by atoms with Gasteiger partial charge in [-0.2, -0.15) is 11.8 Å². The normalized spacial score (nSPS) is 12.2. The lowest BCUT2D eigenvalue weighted by molar-refractivity contribution is 0.191. The summed E-state index contributed by atoms with van der Waals surface area (Å²) in [4.78, 5) is 0. The monoisotopic (exact) mass is 270 g/mol. The van der Waals surface area contributed by atoms with E-state index in [1.807, 2.05) is 30.0 Å². The highest BCUT2D eigenvalue weighted by Crippen LogP contribution is 2.29. The van der Waals surface area contributed by atoms with Crippen LogP contribution in [0, 0.1) is 0 Å². The van der Waals surface area contributed by atoms with Gasteiger partial charge in [-0.3, -0.25) is 0 Å². The van der Waals surface area contributed by atoms with Crippen molar-refractivity contribution in [3.8, 4) is 11.5 Å². The van der Waals surface area contributed by atoms with Crippen molar-refractivity contribution in [2.75, 3.05) is 25.2 Å². The van der Waals surface area contributed by atoms with Crippen molar-refractivity contribution >= 4 is 11.8 Å². The lowest BCUT2D eigenvalue weighted by Gasteiger charge is -2.14. The van der Waals surface area contributed by atoms with Crippen LogP contribution >= 0.6 is 11.8 Å². The van der Waals surface area contributed by atoms with Gasteiger partial charge in [0.05, 0.1) is 19.8 Å². The average molecular weight is 270 g/mol. The van der Waals surface area contributed by atoms with E-state index in [-0.39, 0.29) is 0 Å². The first-order valence-electron chi connectivity index (χ1n) is 6.25. The molecule has 0 aromatic heterocycles. The SMILES string of the molecule is CCSCCCOc1cc(OC)ccc1[C@H](C)O. The van der Waals surface area contributed by atoms with Gasteiger partial charge in [-0.25, -0.2) is 0 Å². The molecular formula is C14H22O3S. The van der Waals surface area contributed by atoms with E-state index >= 15 is 0 Å². The van der Waals surface area contributed by atoms with Gasteiger partial charge in [0, 0.05) is 11.6 Å². The number of ether oxygens (including phenoxy) is 2. The molecule has 0 aliphatic rings. The summed E-state index contributed by atoms with van der Waals surface area (Å²) in [6, 6.07) is 5.51. The van der Waals surface area contributed by atoms with Crippen LogP contribution in [-0.2, 0) is 0 Å². The fourth-order valence-electron chi connectivity index (χ4n) is 1.60. The molecule has 102 valence electrons. The second-order valence-corrected chi connectivity index (χ2v) is 5.37. The van der Waals surface area contributed by atoms with Gasteiger partial charge < -0.3 is 14.6 Å². The first-order valence-corrected chi connectivity index (χ1v) is 7.41. The Morgan fingerprint density at radius 3 is 2.78 bits per heavy atom. The smallest absolute Gasteiger partial charge is 0.128 e. The van der Waals surface area contributed by atoms with Crippen molar-refractivity contribution in [1.82, 2.24) is 0 Å². The van der Waals surface area contributed by atoms with E-state index < -0.39 is 6.10 Å². The second kappa shape index (κ2) is 8.27. The molecule has 0 saturated heterocycles. The summed E-state index contributed by atoms with van der Waals surface area (Å²) >= 11 is 1.91. The number of hydrogen-bond donors (Lipinski definition) is 1. The molecule has 18 heavy (non-hydrogen) atoms. The Bertz CT molecular complexity index is 353. The summed E-state index contributed by atoms with van der Waals surface area (Å²) in [5.74, 6) is 3.70. The van der Waals surface area contributed by atoms with Gasteiger partial charge in [0.1, 0.15) is 11.5 Å². The largest absolute Gasteiger partial charge is 0.497 e. The summed E-state index contributed by atoms with van der Waals surface area (Å²) in [5, 5.41) is 9.68. The van der Waals surface area contributed by atoms with E-state index in [4.69, 9.17) is 9.47 Å². The van der Waals surface area contributed by atoms with Crippen molar-refractivity contribution in [2.24, 2.45) is 0 Å². The maximum absolute atomic E-state index is 9.68. The van der Waals surface area contributed by atoms with Crippen molar-refractivity contribution in [3.05, 3.63) is 23.8 Å². The highest BCUT2D eigenvalue weighted by molar-refractivity contribution is 7.99. The Morgan fingerprint density at radius 2 is 2.17 bits per heavy atom. The lowest BCUT2D eigenvalue weighted by Crippen LogP contribution is -2.03. The van der Waals surface area contributed by atoms with Crippen molar-refractivity contribution in [2.45, 2.75) is 26.4 Å². The number of thioether (sulfide) groups is 1. The number of aliphatic hydroxyl groups is 1. The highest BCUT2D eigenvalue weighted by atomic mass is 32.2. The molecule has 0 radical (unpaired) electrons. The maximum atomic E-state index is 9.68. The minimum atomic E-state index is -0.532. The summed E-state index contributed by atoms with van der Waals surface area (Å²) < 4.78 is 10.9. The molecular weight excluding hydrogens is 248 g/mol. The van der Waals surface area contributed by atoms with E-state index in [0.717, 1.165) is 29.2 Å². The van der Waals surface area contributed by atoms with Crippen LogP contribution in [0.25, 0.3) is 0 Å². The van der Waals surface area contributed by atoms with Crippen LogP contribution in [0.4, 0.5) is 0 Å². The van der Waals surface area contributed by atoms with Crippen molar-refractivity contribution in [1.29, 1.82) is 0 Å². The maximum Gasteiger partial charge on any atom is 0.128 e. The molecule has 0 fully saturated rings. The molecule has 0 saturated carbocycles. The molecule has 0 spiro atoms. The molecule has 0 unspecified atom stereocenters. The third-order valence-electron chi connectivity index (χ3n) is 2.57. The summed E-state index contributed by atoms with van der Waals surface area (Å²) in [5.41, 5.74) is 0.805. The molecule has 1 aromatic rings. The molecule has 0 aliphatic heterocycles. The summed E-state index contributed by atoms with van der Waals surface area (Å²) in [6.45, 7) is 4.56. The zero-order chi connectivity index (χ0) is 13.4. The van der Waals surface area contributed by atoms with Gasteiger partial charge in [0.2, 0.25) is 0 Å². The first kappa shape index (κ1) is 15.2. The van der Waals surface area contributed by atoms with Crippen molar-refractivity contribution in [3.63, 3.8) is 0 Å². The summed E-state index contributed by atoms with van der Waals surface area (Å²) in [6.07, 6.45) is 0.477. The van der Waals surface area contributed by atoms with Crippen LogP contribution in [-0.4, -0.2) is 30.3 Å². The molecule has 4 heteroatoms. The minimum absolute atomic E-state index is 0.532. The lowest BCUT2D eigenvalue weighted by atomic mass is 10.1. The van der Waals surface area contributed by atoms with Gasteiger partial charge in [0.15, 0.2) is 0 Å². The van der Waals surface area contributed by atoms with E-state index in [2.05, 4.69) is 6.92 Å². The highest BCUT2D eigenvalue weighted by Gasteiger charge is 2.10. The average Bonchev–Trinajstić information content (AvgIpc) is 2.38. The Morgan fingerprint density at radius 1 is 1.39 bits per heavy atom. The molecule has 3 nitrogen and oxygen atoms in total. The standard InChI is InChI=1S/C14H22O3S/c1-4-18-9-5-8-17-14-10-12(16-3)6-7-13(14)11(2)15/h6-7,10-11,15H,4-5,8-9H2,1-3H3/t11-/m0/s1. The Labute approximate surface area is 113 Å². The van der Waals surface area contributed by atoms with Crippen LogP contribution in [0.3, 0.4) is 0 Å². The van der Waals surface area contributed by atoms with Crippen LogP contribution in [0.1, 0.15) is 31.9 Å². The number of rotatable bonds is 8. The van der Waals surface area contributed by atoms with Crippen LogP contribution < -0.4 is 9.47 Å². The number of benzene rings is 1. The predicted molar refractivity (Wildman–Crippen MR) is 76.7 cm³/mol. The molecule has 1 N–H and O–H groups in total. The van der Waals surface area contributed by atoms with Gasteiger partial charge in [0.25, 0.3) is 0 Å². The molecule has 0 heterocycles. The van der Waals surface area contributed by atoms with Gasteiger partial charge in [-0.05, 0) is 37.0 Å². The van der Waals surface area contributed by atoms with Gasteiger partial charge in [-0.15, -0.1) is 0 Å². The zero-order valence-corrected chi connectivity index (χ0v) is 12.1. The quantitative estimate of drug-likeness (QED) is 0.736. The first-order chi connectivity index (χ1) is 8.69. The third kappa shape index (κ3) is 4.78. The van der Waals surface area contributed by atoms with Crippen LogP contribution in [0.15, 0.2) is 18.2 Å². The second-order valence-electron chi connectivity index (χ2n) is 3.98. The van der Waals surface area contributed by atoms with Crippen molar-refractivity contribution < 1.29 is 14.6 Å². The molecule has 0 bridgehead atoms. The zero-order valence-electron chi connectivity index (χ0n) is 11.3. The van der Waals surface area contributed by atoms with E-state index in [0.29, 0.717) is 12.4 Å². The molecule has 1 aromatic carbocycles. The molecule has 1 atom stereocenters. The Kier molecular flexibility index (Phi) is 6.98. The molecule has 0 aliphatic carbocycles. The fraction of sp³-hybridized carbons (Fsp3) is 0.571. The third-order valence-corrected chi connectivity index (χ3v) is 3.55. The fourth-order valence-corrected chi connectivity index (χ4v) is 2.21. The van der Waals surface area contributed by atoms with Gasteiger partial charge >= 0.3 is 0 Å². The molecule has 0 amide bonds. The Hall–Kier alpha value is -0.870. The summed E-state index contributed by atoms with van der Waals surface area (Å²) in [7, 11) is 1.62. The topological polar surface area (TPSA) is 38.7 Å². The van der Waals surface area contributed by atoms with E-state index in [9.17, 15) is 5.11 Å². The number of aliphatic hydroxyl groups excluding tert-OH is 1. The van der Waals surface area contributed by atoms with Crippen LogP contribution in [0.2, 0.25) is 0 Å². The van der Waals surface area contributed by atoms with E-state index in [1.54, 1.807) is 14.0 Å².